The maximum Gasteiger partial charge on any atom is 0.103 e. The molecule has 2 aromatic rings. The second-order valence-electron chi connectivity index (χ2n) is 4.16. The first-order valence-electron chi connectivity index (χ1n) is 6.12. The molecule has 0 aliphatic heterocycles. The smallest absolute Gasteiger partial charge is 0.103 e. The Balaban J connectivity index is 2.06. The van der Waals surface area contributed by atoms with E-state index in [2.05, 4.69) is 36.2 Å². The van der Waals surface area contributed by atoms with Crippen LogP contribution in [0.25, 0.3) is 0 Å². The van der Waals surface area contributed by atoms with Crippen molar-refractivity contribution in [2.45, 2.75) is 37.0 Å². The van der Waals surface area contributed by atoms with Gasteiger partial charge in [-0.05, 0) is 25.5 Å². The number of benzene rings is 1. The highest BCUT2D eigenvalue weighted by molar-refractivity contribution is 7.98. The van der Waals surface area contributed by atoms with Gasteiger partial charge in [0.2, 0.25) is 0 Å². The van der Waals surface area contributed by atoms with Gasteiger partial charge in [0.15, 0.2) is 0 Å². The maximum absolute atomic E-state index is 5.97. The molecule has 1 aromatic heterocycles. The van der Waals surface area contributed by atoms with E-state index in [1.165, 1.54) is 20.5 Å². The van der Waals surface area contributed by atoms with E-state index in [9.17, 15) is 0 Å². The number of aromatic nitrogens is 1. The standard InChI is InChI=1S/C14H18N2S2/c1-3-12-14(10(2)15)18-13(16-12)9-17-11-7-5-4-6-8-11/h4-8,10H,3,9,15H2,1-2H3. The summed E-state index contributed by atoms with van der Waals surface area (Å²) in [6.45, 7) is 4.16. The van der Waals surface area contributed by atoms with Gasteiger partial charge in [0.25, 0.3) is 0 Å². The minimum Gasteiger partial charge on any atom is -0.323 e. The van der Waals surface area contributed by atoms with Crippen LogP contribution in [0.2, 0.25) is 0 Å². The molecule has 0 radical (unpaired) electrons. The molecule has 0 saturated heterocycles. The summed E-state index contributed by atoms with van der Waals surface area (Å²) >= 11 is 3.58. The molecule has 96 valence electrons. The van der Waals surface area contributed by atoms with Gasteiger partial charge in [-0.25, -0.2) is 4.98 Å². The normalized spacial score (nSPS) is 12.6. The maximum atomic E-state index is 5.97. The molecule has 1 heterocycles. The zero-order chi connectivity index (χ0) is 13.0. The van der Waals surface area contributed by atoms with Crippen molar-refractivity contribution >= 4 is 23.1 Å². The van der Waals surface area contributed by atoms with Crippen LogP contribution in [0.3, 0.4) is 0 Å². The second kappa shape index (κ2) is 6.36. The first kappa shape index (κ1) is 13.6. The lowest BCUT2D eigenvalue weighted by Gasteiger charge is -2.01. The van der Waals surface area contributed by atoms with Gasteiger partial charge in [0.05, 0.1) is 11.4 Å². The van der Waals surface area contributed by atoms with Gasteiger partial charge in [-0.3, -0.25) is 0 Å². The van der Waals surface area contributed by atoms with Gasteiger partial charge >= 0.3 is 0 Å². The lowest BCUT2D eigenvalue weighted by Crippen LogP contribution is -2.05. The zero-order valence-corrected chi connectivity index (χ0v) is 12.4. The Hall–Kier alpha value is -0.840. The third-order valence-electron chi connectivity index (χ3n) is 2.63. The quantitative estimate of drug-likeness (QED) is 0.840. The zero-order valence-electron chi connectivity index (χ0n) is 10.7. The molecule has 0 spiro atoms. The van der Waals surface area contributed by atoms with Gasteiger partial charge in [0.1, 0.15) is 5.01 Å². The number of thioether (sulfide) groups is 1. The fourth-order valence-electron chi connectivity index (χ4n) is 1.75. The molecular formula is C14H18N2S2. The Morgan fingerprint density at radius 2 is 2.06 bits per heavy atom. The van der Waals surface area contributed by atoms with E-state index in [0.717, 1.165) is 12.2 Å². The molecule has 1 atom stereocenters. The molecule has 0 saturated carbocycles. The van der Waals surface area contributed by atoms with Crippen LogP contribution in [0.1, 0.15) is 35.5 Å². The summed E-state index contributed by atoms with van der Waals surface area (Å²) in [7, 11) is 0. The number of rotatable bonds is 5. The summed E-state index contributed by atoms with van der Waals surface area (Å²) in [5, 5.41) is 1.17. The Labute approximate surface area is 117 Å². The SMILES string of the molecule is CCc1nc(CSc2ccccc2)sc1C(C)N. The minimum absolute atomic E-state index is 0.0907. The molecule has 2 nitrogen and oxygen atoms in total. The predicted molar refractivity (Wildman–Crippen MR) is 80.1 cm³/mol. The van der Waals surface area contributed by atoms with Crippen LogP contribution in [-0.2, 0) is 12.2 Å². The van der Waals surface area contributed by atoms with Crippen LogP contribution < -0.4 is 5.73 Å². The number of hydrogen-bond acceptors (Lipinski definition) is 4. The van der Waals surface area contributed by atoms with Crippen LogP contribution in [-0.4, -0.2) is 4.98 Å². The van der Waals surface area contributed by atoms with Crippen LogP contribution in [0.15, 0.2) is 35.2 Å². The van der Waals surface area contributed by atoms with Crippen LogP contribution in [0, 0.1) is 0 Å². The fourth-order valence-corrected chi connectivity index (χ4v) is 3.77. The lowest BCUT2D eigenvalue weighted by molar-refractivity contribution is 0.813. The monoisotopic (exact) mass is 278 g/mol. The average Bonchev–Trinajstić information content (AvgIpc) is 2.81. The van der Waals surface area contributed by atoms with E-state index in [1.807, 2.05) is 24.8 Å². The van der Waals surface area contributed by atoms with Gasteiger partial charge in [-0.1, -0.05) is 25.1 Å². The Bertz CT molecular complexity index is 492. The molecule has 0 bridgehead atoms. The lowest BCUT2D eigenvalue weighted by atomic mass is 10.2. The number of hydrogen-bond donors (Lipinski definition) is 1. The van der Waals surface area contributed by atoms with E-state index in [0.29, 0.717) is 0 Å². The highest BCUT2D eigenvalue weighted by Crippen LogP contribution is 2.29. The van der Waals surface area contributed by atoms with Crippen LogP contribution in [0.4, 0.5) is 0 Å². The number of aryl methyl sites for hydroxylation is 1. The molecule has 0 aliphatic carbocycles. The van der Waals surface area contributed by atoms with Gasteiger partial charge < -0.3 is 5.73 Å². The first-order valence-corrected chi connectivity index (χ1v) is 7.92. The van der Waals surface area contributed by atoms with E-state index in [1.54, 1.807) is 11.3 Å². The summed E-state index contributed by atoms with van der Waals surface area (Å²) in [5.41, 5.74) is 7.14. The van der Waals surface area contributed by atoms with Crippen molar-refractivity contribution < 1.29 is 0 Å². The van der Waals surface area contributed by atoms with E-state index < -0.39 is 0 Å². The molecule has 0 fully saturated rings. The fraction of sp³-hybridized carbons (Fsp3) is 0.357. The van der Waals surface area contributed by atoms with Crippen molar-refractivity contribution in [3.8, 4) is 0 Å². The first-order chi connectivity index (χ1) is 8.70. The topological polar surface area (TPSA) is 38.9 Å². The van der Waals surface area contributed by atoms with Crippen molar-refractivity contribution in [3.05, 3.63) is 45.9 Å². The molecular weight excluding hydrogens is 260 g/mol. The summed E-state index contributed by atoms with van der Waals surface area (Å²) in [6.07, 6.45) is 0.962. The Morgan fingerprint density at radius 3 is 2.61 bits per heavy atom. The highest BCUT2D eigenvalue weighted by atomic mass is 32.2. The number of thiazole rings is 1. The van der Waals surface area contributed by atoms with E-state index in [4.69, 9.17) is 5.73 Å². The van der Waals surface area contributed by atoms with Gasteiger partial charge in [-0.2, -0.15) is 0 Å². The van der Waals surface area contributed by atoms with Gasteiger partial charge in [-0.15, -0.1) is 23.1 Å². The minimum atomic E-state index is 0.0907. The van der Waals surface area contributed by atoms with Crippen LogP contribution >= 0.6 is 23.1 Å². The third kappa shape index (κ3) is 3.34. The van der Waals surface area contributed by atoms with Crippen molar-refractivity contribution in [2.24, 2.45) is 5.73 Å². The third-order valence-corrected chi connectivity index (χ3v) is 5.13. The largest absolute Gasteiger partial charge is 0.323 e. The number of nitrogens with two attached hydrogens (primary N) is 1. The summed E-state index contributed by atoms with van der Waals surface area (Å²) in [4.78, 5) is 7.21. The van der Waals surface area contributed by atoms with E-state index >= 15 is 0 Å². The van der Waals surface area contributed by atoms with Crippen LogP contribution in [0.5, 0.6) is 0 Å². The predicted octanol–water partition coefficient (Wildman–Crippen LogP) is 4.02. The Morgan fingerprint density at radius 1 is 1.33 bits per heavy atom. The second-order valence-corrected chi connectivity index (χ2v) is 6.33. The molecule has 2 N–H and O–H groups in total. The Kier molecular flexibility index (Phi) is 4.80. The summed E-state index contributed by atoms with van der Waals surface area (Å²) in [6, 6.07) is 10.5. The molecule has 1 aromatic carbocycles. The van der Waals surface area contributed by atoms with Crippen molar-refractivity contribution in [3.63, 3.8) is 0 Å². The summed E-state index contributed by atoms with van der Waals surface area (Å²) < 4.78 is 0. The molecule has 0 aliphatic rings. The van der Waals surface area contributed by atoms with Crippen molar-refractivity contribution in [1.29, 1.82) is 0 Å². The molecule has 1 unspecified atom stereocenters. The van der Waals surface area contributed by atoms with Gasteiger partial charge in [0, 0.05) is 15.8 Å². The average molecular weight is 278 g/mol. The molecule has 18 heavy (non-hydrogen) atoms. The van der Waals surface area contributed by atoms with Crippen molar-refractivity contribution in [1.82, 2.24) is 4.98 Å². The molecule has 0 amide bonds. The molecule has 2 rings (SSSR count). The van der Waals surface area contributed by atoms with Crippen molar-refractivity contribution in [2.75, 3.05) is 0 Å². The summed E-state index contributed by atoms with van der Waals surface area (Å²) in [5.74, 6) is 0.925. The number of nitrogens with zero attached hydrogens (tertiary/aromatic N) is 1. The van der Waals surface area contributed by atoms with E-state index in [-0.39, 0.29) is 6.04 Å². The highest BCUT2D eigenvalue weighted by Gasteiger charge is 2.12. The molecule has 4 heteroatoms.